The smallest absolute Gasteiger partial charge is 0.178 e. The van der Waals surface area contributed by atoms with Crippen LogP contribution in [0.25, 0.3) is 5.82 Å². The summed E-state index contributed by atoms with van der Waals surface area (Å²) in [7, 11) is 0. The molecule has 0 bridgehead atoms. The van der Waals surface area contributed by atoms with E-state index in [9.17, 15) is 0 Å². The van der Waals surface area contributed by atoms with Crippen LogP contribution in [0.5, 0.6) is 0 Å². The Morgan fingerprint density at radius 1 is 1.29 bits per heavy atom. The molecule has 1 aromatic carbocycles. The Morgan fingerprint density at radius 3 is 2.95 bits per heavy atom. The van der Waals surface area contributed by atoms with Crippen LogP contribution < -0.4 is 5.32 Å². The van der Waals surface area contributed by atoms with Crippen molar-refractivity contribution < 1.29 is 0 Å². The van der Waals surface area contributed by atoms with Crippen molar-refractivity contribution in [2.24, 2.45) is 0 Å². The Kier molecular flexibility index (Phi) is 4.17. The molecule has 106 valence electrons. The Balaban J connectivity index is 1.83. The van der Waals surface area contributed by atoms with Crippen LogP contribution in [0.2, 0.25) is 5.02 Å². The van der Waals surface area contributed by atoms with E-state index in [2.05, 4.69) is 36.3 Å². The quantitative estimate of drug-likeness (QED) is 0.767. The van der Waals surface area contributed by atoms with Crippen LogP contribution >= 0.6 is 27.5 Å². The van der Waals surface area contributed by atoms with Crippen molar-refractivity contribution in [1.29, 1.82) is 0 Å². The molecule has 2 aromatic heterocycles. The van der Waals surface area contributed by atoms with Crippen LogP contribution in [0.1, 0.15) is 5.56 Å². The van der Waals surface area contributed by atoms with Crippen LogP contribution in [-0.4, -0.2) is 19.7 Å². The van der Waals surface area contributed by atoms with Crippen LogP contribution in [-0.2, 0) is 6.54 Å². The number of benzene rings is 1. The zero-order chi connectivity index (χ0) is 14.7. The third kappa shape index (κ3) is 3.22. The van der Waals surface area contributed by atoms with Crippen LogP contribution in [0.15, 0.2) is 53.7 Å². The van der Waals surface area contributed by atoms with Crippen LogP contribution in [0.3, 0.4) is 0 Å². The summed E-state index contributed by atoms with van der Waals surface area (Å²) in [4.78, 5) is 8.28. The lowest BCUT2D eigenvalue weighted by Gasteiger charge is -2.11. The van der Waals surface area contributed by atoms with E-state index in [4.69, 9.17) is 11.6 Å². The van der Waals surface area contributed by atoms with Gasteiger partial charge in [0.1, 0.15) is 12.7 Å². The summed E-state index contributed by atoms with van der Waals surface area (Å²) >= 11 is 9.46. The standard InChI is InChI=1S/C14H11BrClN5/c15-12-6-11(16)4-3-10(12)7-19-13-2-1-5-18-14(13)21-9-17-8-20-21/h1-6,8-9,19H,7H2. The molecule has 0 radical (unpaired) electrons. The van der Waals surface area contributed by atoms with Crippen molar-refractivity contribution in [3.05, 3.63) is 64.2 Å². The highest BCUT2D eigenvalue weighted by atomic mass is 79.9. The van der Waals surface area contributed by atoms with Gasteiger partial charge in [-0.15, -0.1) is 0 Å². The van der Waals surface area contributed by atoms with Gasteiger partial charge in [-0.3, -0.25) is 0 Å². The number of hydrogen-bond acceptors (Lipinski definition) is 4. The SMILES string of the molecule is Clc1ccc(CNc2cccnc2-n2cncn2)c(Br)c1. The first-order valence-electron chi connectivity index (χ1n) is 6.22. The minimum atomic E-state index is 0.644. The van der Waals surface area contributed by atoms with Gasteiger partial charge in [0.25, 0.3) is 0 Å². The Hall–Kier alpha value is -1.92. The number of anilines is 1. The second-order valence-electron chi connectivity index (χ2n) is 4.30. The average Bonchev–Trinajstić information content (AvgIpc) is 3.01. The van der Waals surface area contributed by atoms with Gasteiger partial charge in [0.15, 0.2) is 5.82 Å². The zero-order valence-corrected chi connectivity index (χ0v) is 13.2. The van der Waals surface area contributed by atoms with Crippen molar-refractivity contribution in [1.82, 2.24) is 19.7 Å². The van der Waals surface area contributed by atoms with E-state index in [0.29, 0.717) is 17.4 Å². The van der Waals surface area contributed by atoms with Gasteiger partial charge < -0.3 is 5.32 Å². The predicted octanol–water partition coefficient (Wildman–Crippen LogP) is 3.69. The molecule has 5 nitrogen and oxygen atoms in total. The fourth-order valence-electron chi connectivity index (χ4n) is 1.89. The largest absolute Gasteiger partial charge is 0.378 e. The molecule has 21 heavy (non-hydrogen) atoms. The number of halogens is 2. The third-order valence-corrected chi connectivity index (χ3v) is 3.88. The van der Waals surface area contributed by atoms with E-state index in [0.717, 1.165) is 15.7 Å². The first-order valence-corrected chi connectivity index (χ1v) is 7.39. The summed E-state index contributed by atoms with van der Waals surface area (Å²) < 4.78 is 2.59. The summed E-state index contributed by atoms with van der Waals surface area (Å²) in [5.74, 6) is 0.708. The molecule has 3 rings (SSSR count). The molecular formula is C14H11BrClN5. The lowest BCUT2D eigenvalue weighted by Crippen LogP contribution is -2.07. The summed E-state index contributed by atoms with van der Waals surface area (Å²) in [6.07, 6.45) is 4.82. The summed E-state index contributed by atoms with van der Waals surface area (Å²) in [5.41, 5.74) is 1.98. The van der Waals surface area contributed by atoms with E-state index in [1.807, 2.05) is 30.3 Å². The molecule has 0 fully saturated rings. The number of aromatic nitrogens is 4. The molecule has 0 aliphatic carbocycles. The maximum Gasteiger partial charge on any atom is 0.178 e. The molecule has 7 heteroatoms. The molecule has 0 aliphatic rings. The van der Waals surface area contributed by atoms with Crippen molar-refractivity contribution in [2.45, 2.75) is 6.54 Å². The van der Waals surface area contributed by atoms with Crippen LogP contribution in [0.4, 0.5) is 5.69 Å². The molecule has 0 spiro atoms. The van der Waals surface area contributed by atoms with E-state index >= 15 is 0 Å². The number of rotatable bonds is 4. The molecule has 2 heterocycles. The van der Waals surface area contributed by atoms with Gasteiger partial charge in [-0.05, 0) is 29.8 Å². The Morgan fingerprint density at radius 2 is 2.19 bits per heavy atom. The van der Waals surface area contributed by atoms with Gasteiger partial charge in [0, 0.05) is 22.2 Å². The minimum Gasteiger partial charge on any atom is -0.378 e. The van der Waals surface area contributed by atoms with Gasteiger partial charge in [-0.1, -0.05) is 33.6 Å². The highest BCUT2D eigenvalue weighted by Gasteiger charge is 2.07. The normalized spacial score (nSPS) is 10.6. The number of nitrogens with one attached hydrogen (secondary N) is 1. The van der Waals surface area contributed by atoms with Crippen LogP contribution in [0, 0.1) is 0 Å². The lowest BCUT2D eigenvalue weighted by atomic mass is 10.2. The predicted molar refractivity (Wildman–Crippen MR) is 85.6 cm³/mol. The fourth-order valence-corrected chi connectivity index (χ4v) is 2.71. The molecule has 0 amide bonds. The van der Waals surface area contributed by atoms with Gasteiger partial charge in [0.2, 0.25) is 0 Å². The lowest BCUT2D eigenvalue weighted by molar-refractivity contribution is 0.844. The summed E-state index contributed by atoms with van der Waals surface area (Å²) in [5, 5.41) is 8.17. The van der Waals surface area contributed by atoms with Crippen molar-refractivity contribution in [3.8, 4) is 5.82 Å². The molecular weight excluding hydrogens is 354 g/mol. The van der Waals surface area contributed by atoms with E-state index in [1.165, 1.54) is 6.33 Å². The molecule has 0 saturated carbocycles. The fraction of sp³-hybridized carbons (Fsp3) is 0.0714. The molecule has 0 aliphatic heterocycles. The third-order valence-electron chi connectivity index (χ3n) is 2.91. The topological polar surface area (TPSA) is 55.6 Å². The summed E-state index contributed by atoms with van der Waals surface area (Å²) in [6.45, 7) is 0.644. The second kappa shape index (κ2) is 6.24. The van der Waals surface area contributed by atoms with Gasteiger partial charge in [-0.2, -0.15) is 5.10 Å². The van der Waals surface area contributed by atoms with Crippen molar-refractivity contribution in [3.63, 3.8) is 0 Å². The Labute approximate surface area is 135 Å². The van der Waals surface area contributed by atoms with E-state index in [1.54, 1.807) is 17.2 Å². The highest BCUT2D eigenvalue weighted by molar-refractivity contribution is 9.10. The zero-order valence-electron chi connectivity index (χ0n) is 10.9. The molecule has 0 unspecified atom stereocenters. The minimum absolute atomic E-state index is 0.644. The van der Waals surface area contributed by atoms with Crippen molar-refractivity contribution in [2.75, 3.05) is 5.32 Å². The van der Waals surface area contributed by atoms with Gasteiger partial charge in [-0.25, -0.2) is 14.6 Å². The summed E-state index contributed by atoms with van der Waals surface area (Å²) in [6, 6.07) is 9.55. The van der Waals surface area contributed by atoms with E-state index < -0.39 is 0 Å². The Bertz CT molecular complexity index is 745. The van der Waals surface area contributed by atoms with E-state index in [-0.39, 0.29) is 0 Å². The molecule has 3 aromatic rings. The average molecular weight is 365 g/mol. The monoisotopic (exact) mass is 363 g/mol. The molecule has 0 atom stereocenters. The number of pyridine rings is 1. The highest BCUT2D eigenvalue weighted by Crippen LogP contribution is 2.23. The first kappa shape index (κ1) is 14.0. The molecule has 0 saturated heterocycles. The first-order chi connectivity index (χ1) is 10.2. The van der Waals surface area contributed by atoms with Gasteiger partial charge in [0.05, 0.1) is 5.69 Å². The molecule has 1 N–H and O–H groups in total. The second-order valence-corrected chi connectivity index (χ2v) is 5.59. The van der Waals surface area contributed by atoms with Gasteiger partial charge >= 0.3 is 0 Å². The number of hydrogen-bond donors (Lipinski definition) is 1. The van der Waals surface area contributed by atoms with Crippen molar-refractivity contribution >= 4 is 33.2 Å². The maximum atomic E-state index is 5.95. The number of nitrogens with zero attached hydrogens (tertiary/aromatic N) is 4. The maximum absolute atomic E-state index is 5.95.